The van der Waals surface area contributed by atoms with Crippen LogP contribution in [-0.4, -0.2) is 10.9 Å². The van der Waals surface area contributed by atoms with Gasteiger partial charge in [0, 0.05) is 0 Å². The molecule has 0 aliphatic carbocycles. The van der Waals surface area contributed by atoms with E-state index in [0.29, 0.717) is 17.7 Å². The van der Waals surface area contributed by atoms with Crippen molar-refractivity contribution in [3.63, 3.8) is 0 Å². The van der Waals surface area contributed by atoms with Gasteiger partial charge in [-0.2, -0.15) is 0 Å². The standard InChI is InChI=1S/C12H10ClFN2O2/c1-2-9-10(11(15)17)18-12(16-9)7-5-6(14)3-4-8(7)13/h3-5H,2H2,1H3,(H2,15,17). The average molecular weight is 269 g/mol. The SMILES string of the molecule is CCc1nc(-c2cc(F)ccc2Cl)oc1C(N)=O. The van der Waals surface area contributed by atoms with E-state index in [0.717, 1.165) is 0 Å². The summed E-state index contributed by atoms with van der Waals surface area (Å²) in [6.07, 6.45) is 0.481. The zero-order chi connectivity index (χ0) is 13.3. The fourth-order valence-electron chi connectivity index (χ4n) is 1.56. The lowest BCUT2D eigenvalue weighted by Crippen LogP contribution is -2.11. The number of hydrogen-bond donors (Lipinski definition) is 1. The Hall–Kier alpha value is -1.88. The van der Waals surface area contributed by atoms with Crippen molar-refractivity contribution >= 4 is 17.5 Å². The van der Waals surface area contributed by atoms with Crippen LogP contribution in [0.25, 0.3) is 11.5 Å². The summed E-state index contributed by atoms with van der Waals surface area (Å²) in [5, 5.41) is 0.288. The van der Waals surface area contributed by atoms with Gasteiger partial charge in [0.05, 0.1) is 16.3 Å². The summed E-state index contributed by atoms with van der Waals surface area (Å²) in [5.74, 6) is -1.11. The molecule has 18 heavy (non-hydrogen) atoms. The fourth-order valence-corrected chi connectivity index (χ4v) is 1.76. The quantitative estimate of drug-likeness (QED) is 0.930. The molecule has 1 amide bonds. The topological polar surface area (TPSA) is 69.1 Å². The second-order valence-electron chi connectivity index (χ2n) is 3.64. The predicted molar refractivity (Wildman–Crippen MR) is 64.8 cm³/mol. The van der Waals surface area contributed by atoms with E-state index in [-0.39, 0.29) is 16.7 Å². The van der Waals surface area contributed by atoms with E-state index >= 15 is 0 Å². The molecular formula is C12H10ClFN2O2. The molecule has 0 atom stereocenters. The second-order valence-corrected chi connectivity index (χ2v) is 4.04. The first-order chi connectivity index (χ1) is 8.52. The molecule has 0 fully saturated rings. The van der Waals surface area contributed by atoms with E-state index in [1.54, 1.807) is 6.92 Å². The zero-order valence-electron chi connectivity index (χ0n) is 9.54. The number of rotatable bonds is 3. The lowest BCUT2D eigenvalue weighted by atomic mass is 10.2. The minimum absolute atomic E-state index is 0.0205. The van der Waals surface area contributed by atoms with E-state index in [9.17, 15) is 9.18 Å². The Morgan fingerprint density at radius 2 is 2.28 bits per heavy atom. The Morgan fingerprint density at radius 1 is 1.56 bits per heavy atom. The van der Waals surface area contributed by atoms with Gasteiger partial charge in [-0.1, -0.05) is 18.5 Å². The van der Waals surface area contributed by atoms with Crippen molar-refractivity contribution < 1.29 is 13.6 Å². The number of nitrogens with zero attached hydrogens (tertiary/aromatic N) is 1. The van der Waals surface area contributed by atoms with Gasteiger partial charge in [0.25, 0.3) is 5.91 Å². The summed E-state index contributed by atoms with van der Waals surface area (Å²) in [7, 11) is 0. The molecule has 0 radical (unpaired) electrons. The van der Waals surface area contributed by atoms with Gasteiger partial charge in [-0.25, -0.2) is 9.37 Å². The van der Waals surface area contributed by atoms with Crippen LogP contribution in [-0.2, 0) is 6.42 Å². The van der Waals surface area contributed by atoms with Crippen molar-refractivity contribution in [1.82, 2.24) is 4.98 Å². The normalized spacial score (nSPS) is 10.6. The van der Waals surface area contributed by atoms with E-state index in [1.807, 2.05) is 0 Å². The maximum atomic E-state index is 13.2. The number of aromatic nitrogens is 1. The molecule has 0 aliphatic heterocycles. The molecule has 1 aromatic carbocycles. The number of benzene rings is 1. The monoisotopic (exact) mass is 268 g/mol. The Kier molecular flexibility index (Phi) is 3.34. The molecule has 6 heteroatoms. The van der Waals surface area contributed by atoms with Crippen LogP contribution in [0.15, 0.2) is 22.6 Å². The van der Waals surface area contributed by atoms with Gasteiger partial charge in [-0.3, -0.25) is 4.79 Å². The van der Waals surface area contributed by atoms with Crippen molar-refractivity contribution in [1.29, 1.82) is 0 Å². The number of amides is 1. The average Bonchev–Trinajstić information content (AvgIpc) is 2.76. The van der Waals surface area contributed by atoms with Crippen molar-refractivity contribution in [2.75, 3.05) is 0 Å². The molecule has 1 aromatic heterocycles. The number of nitrogens with two attached hydrogens (primary N) is 1. The largest absolute Gasteiger partial charge is 0.431 e. The van der Waals surface area contributed by atoms with Gasteiger partial charge >= 0.3 is 0 Å². The van der Waals surface area contributed by atoms with Crippen LogP contribution in [0.2, 0.25) is 5.02 Å². The highest BCUT2D eigenvalue weighted by Gasteiger charge is 2.19. The first-order valence-electron chi connectivity index (χ1n) is 5.27. The fraction of sp³-hybridized carbons (Fsp3) is 0.167. The Balaban J connectivity index is 2.57. The summed E-state index contributed by atoms with van der Waals surface area (Å²) in [4.78, 5) is 15.3. The number of primary amides is 1. The molecule has 4 nitrogen and oxygen atoms in total. The minimum atomic E-state index is -0.710. The van der Waals surface area contributed by atoms with E-state index in [2.05, 4.69) is 4.98 Å². The predicted octanol–water partition coefficient (Wildman–Crippen LogP) is 2.80. The van der Waals surface area contributed by atoms with Crippen LogP contribution in [0.1, 0.15) is 23.2 Å². The van der Waals surface area contributed by atoms with E-state index in [1.165, 1.54) is 18.2 Å². The highest BCUT2D eigenvalue weighted by molar-refractivity contribution is 6.33. The smallest absolute Gasteiger partial charge is 0.286 e. The van der Waals surface area contributed by atoms with Gasteiger partial charge in [0.2, 0.25) is 11.7 Å². The number of carbonyl (C=O) groups is 1. The van der Waals surface area contributed by atoms with Crippen LogP contribution in [0, 0.1) is 5.82 Å². The first kappa shape index (κ1) is 12.6. The number of oxazole rings is 1. The van der Waals surface area contributed by atoms with Gasteiger partial charge in [-0.05, 0) is 24.6 Å². The summed E-state index contributed by atoms with van der Waals surface area (Å²) >= 11 is 5.93. The molecule has 0 saturated carbocycles. The summed E-state index contributed by atoms with van der Waals surface area (Å²) in [6.45, 7) is 1.81. The van der Waals surface area contributed by atoms with Crippen LogP contribution < -0.4 is 5.73 Å². The van der Waals surface area contributed by atoms with E-state index in [4.69, 9.17) is 21.8 Å². The van der Waals surface area contributed by atoms with Crippen LogP contribution in [0.4, 0.5) is 4.39 Å². The maximum Gasteiger partial charge on any atom is 0.286 e. The molecule has 1 heterocycles. The molecule has 2 N–H and O–H groups in total. The third kappa shape index (κ3) is 2.22. The van der Waals surface area contributed by atoms with Crippen LogP contribution in [0.5, 0.6) is 0 Å². The third-order valence-corrected chi connectivity index (χ3v) is 2.74. The van der Waals surface area contributed by atoms with Gasteiger partial charge in [-0.15, -0.1) is 0 Å². The zero-order valence-corrected chi connectivity index (χ0v) is 10.3. The molecule has 2 aromatic rings. The minimum Gasteiger partial charge on any atom is -0.431 e. The molecule has 0 unspecified atom stereocenters. The summed E-state index contributed by atoms with van der Waals surface area (Å²) < 4.78 is 18.4. The Labute approximate surface area is 108 Å². The van der Waals surface area contributed by atoms with Crippen LogP contribution >= 0.6 is 11.6 Å². The molecule has 2 rings (SSSR count). The third-order valence-electron chi connectivity index (χ3n) is 2.41. The number of hydrogen-bond acceptors (Lipinski definition) is 3. The molecule has 0 spiro atoms. The molecular weight excluding hydrogens is 259 g/mol. The molecule has 0 aliphatic rings. The van der Waals surface area contributed by atoms with Gasteiger partial charge in [0.15, 0.2) is 0 Å². The van der Waals surface area contributed by atoms with Crippen LogP contribution in [0.3, 0.4) is 0 Å². The lowest BCUT2D eigenvalue weighted by molar-refractivity contribution is 0.0973. The van der Waals surface area contributed by atoms with Crippen molar-refractivity contribution in [2.45, 2.75) is 13.3 Å². The van der Waals surface area contributed by atoms with Crippen molar-refractivity contribution in [3.8, 4) is 11.5 Å². The summed E-state index contributed by atoms with van der Waals surface area (Å²) in [6, 6.07) is 3.81. The molecule has 94 valence electrons. The number of halogens is 2. The second kappa shape index (κ2) is 4.78. The van der Waals surface area contributed by atoms with Gasteiger partial charge in [0.1, 0.15) is 5.82 Å². The Bertz CT molecular complexity index is 610. The van der Waals surface area contributed by atoms with Gasteiger partial charge < -0.3 is 10.2 Å². The van der Waals surface area contributed by atoms with E-state index < -0.39 is 11.7 Å². The highest BCUT2D eigenvalue weighted by Crippen LogP contribution is 2.29. The first-order valence-corrected chi connectivity index (χ1v) is 5.65. The number of aryl methyl sites for hydroxylation is 1. The highest BCUT2D eigenvalue weighted by atomic mass is 35.5. The summed E-state index contributed by atoms with van der Waals surface area (Å²) in [5.41, 5.74) is 5.89. The Morgan fingerprint density at radius 3 is 2.83 bits per heavy atom. The van der Waals surface area contributed by atoms with Crippen molar-refractivity contribution in [3.05, 3.63) is 40.5 Å². The molecule has 0 bridgehead atoms. The lowest BCUT2D eigenvalue weighted by Gasteiger charge is -1.98. The number of carbonyl (C=O) groups excluding carboxylic acids is 1. The molecule has 0 saturated heterocycles. The van der Waals surface area contributed by atoms with Crippen molar-refractivity contribution in [2.24, 2.45) is 5.73 Å². The maximum absolute atomic E-state index is 13.2.